The number of carbonyl (C=O) groups excluding carboxylic acids is 1. The molecule has 1 aromatic carbocycles. The monoisotopic (exact) mass is 395 g/mol. The number of aliphatic hydroxyl groups excluding tert-OH is 1. The Morgan fingerprint density at radius 3 is 2.75 bits per heavy atom. The fraction of sp³-hybridized carbons (Fsp3) is 0.474. The fourth-order valence-electron chi connectivity index (χ4n) is 2.96. The van der Waals surface area contributed by atoms with Crippen LogP contribution in [-0.2, 0) is 16.0 Å². The molecule has 130 valence electrons. The van der Waals surface area contributed by atoms with Crippen molar-refractivity contribution in [3.63, 3.8) is 0 Å². The van der Waals surface area contributed by atoms with Gasteiger partial charge in [-0.25, -0.2) is 0 Å². The molecular weight excluding hydrogens is 369 g/mol. The molecule has 0 bridgehead atoms. The fourth-order valence-corrected chi connectivity index (χ4v) is 3.60. The first-order chi connectivity index (χ1) is 11.5. The van der Waals surface area contributed by atoms with Crippen LogP contribution >= 0.6 is 0 Å². The Labute approximate surface area is 151 Å². The van der Waals surface area contributed by atoms with Crippen LogP contribution in [0.1, 0.15) is 32.8 Å². The second kappa shape index (κ2) is 8.61. The van der Waals surface area contributed by atoms with Crippen LogP contribution in [0.5, 0.6) is 0 Å². The van der Waals surface area contributed by atoms with E-state index in [0.29, 0.717) is 11.3 Å². The molecule has 5 heteroatoms. The molecule has 1 saturated heterocycles. The Morgan fingerprint density at radius 1 is 1.46 bits per heavy atom. The molecule has 1 heterocycles. The van der Waals surface area contributed by atoms with Crippen molar-refractivity contribution in [3.8, 4) is 0 Å². The number of ether oxygens (including phenoxy) is 1. The quantitative estimate of drug-likeness (QED) is 0.594. The van der Waals surface area contributed by atoms with Crippen LogP contribution in [-0.4, -0.2) is 55.0 Å². The summed E-state index contributed by atoms with van der Waals surface area (Å²) in [5.41, 5.74) is 1.99. The molecule has 24 heavy (non-hydrogen) atoms. The Bertz CT molecular complexity index is 614. The molecule has 0 radical (unpaired) electrons. The summed E-state index contributed by atoms with van der Waals surface area (Å²) in [4.78, 5) is 14.6. The van der Waals surface area contributed by atoms with E-state index in [1.54, 1.807) is 11.8 Å². The number of carbonyl (C=O) groups is 1. The van der Waals surface area contributed by atoms with Gasteiger partial charge in [-0.1, -0.05) is 0 Å². The van der Waals surface area contributed by atoms with Crippen molar-refractivity contribution in [2.45, 2.75) is 45.8 Å². The Balaban J connectivity index is 2.13. The van der Waals surface area contributed by atoms with E-state index in [1.807, 2.05) is 50.3 Å². The van der Waals surface area contributed by atoms with Gasteiger partial charge >= 0.3 is 152 Å². The number of allylic oxidation sites excluding steroid dienone is 1. The average Bonchev–Trinajstić information content (AvgIpc) is 2.94. The van der Waals surface area contributed by atoms with Crippen LogP contribution in [0.25, 0.3) is 0 Å². The Morgan fingerprint density at radius 2 is 2.12 bits per heavy atom. The predicted molar refractivity (Wildman–Crippen MR) is 96.7 cm³/mol. The standard InChI is InChI=1S/C19H25NO3Se/c1-4-8-13(2)17(21)14(3)18(22)20-16(12-23-19(20)24)11-15-9-6-5-7-10-15/h5-10,14,16-17,21H,4,11-12H2,1-3H3/b13-8+/t14-,16+,17+/m1/s1. The molecular formula is C19H25NO3Se. The maximum atomic E-state index is 12.9. The van der Waals surface area contributed by atoms with Gasteiger partial charge in [0.25, 0.3) is 0 Å². The minimum absolute atomic E-state index is 0.0544. The van der Waals surface area contributed by atoms with E-state index >= 15 is 0 Å². The van der Waals surface area contributed by atoms with Crippen molar-refractivity contribution < 1.29 is 14.6 Å². The third-order valence-corrected chi connectivity index (χ3v) is 5.03. The summed E-state index contributed by atoms with van der Waals surface area (Å²) in [6, 6.07) is 10.0. The zero-order chi connectivity index (χ0) is 17.7. The van der Waals surface area contributed by atoms with Crippen molar-refractivity contribution in [1.29, 1.82) is 0 Å². The van der Waals surface area contributed by atoms with Gasteiger partial charge in [-0.3, -0.25) is 0 Å². The van der Waals surface area contributed by atoms with Crippen molar-refractivity contribution >= 4 is 26.2 Å². The van der Waals surface area contributed by atoms with E-state index in [1.165, 1.54) is 0 Å². The molecule has 1 amide bonds. The summed E-state index contributed by atoms with van der Waals surface area (Å²) in [5, 5.41) is 10.4. The molecule has 1 aromatic rings. The summed E-state index contributed by atoms with van der Waals surface area (Å²) >= 11 is 2.84. The number of amides is 1. The van der Waals surface area contributed by atoms with E-state index in [2.05, 4.69) is 15.6 Å². The number of hydrogen-bond acceptors (Lipinski definition) is 3. The first kappa shape index (κ1) is 18.9. The SMILES string of the molecule is CC/C=C(\C)[C@H](O)[C@@H](C)C(=O)N1C(=[Se])OC[C@@H]1Cc1ccccc1. The molecule has 0 aliphatic carbocycles. The van der Waals surface area contributed by atoms with E-state index in [9.17, 15) is 9.90 Å². The Hall–Kier alpha value is -1.42. The molecule has 0 saturated carbocycles. The summed E-state index contributed by atoms with van der Waals surface area (Å²) in [6.45, 7) is 6.11. The predicted octanol–water partition coefficient (Wildman–Crippen LogP) is 2.07. The first-order valence-electron chi connectivity index (χ1n) is 8.34. The topological polar surface area (TPSA) is 49.8 Å². The average molecular weight is 394 g/mol. The van der Waals surface area contributed by atoms with Gasteiger partial charge < -0.3 is 0 Å². The number of hydrogen-bond donors (Lipinski definition) is 1. The summed E-state index contributed by atoms with van der Waals surface area (Å²) < 4.78 is 6.08. The molecule has 1 aliphatic rings. The van der Waals surface area contributed by atoms with Gasteiger partial charge in [0.15, 0.2) is 0 Å². The van der Waals surface area contributed by atoms with Crippen LogP contribution < -0.4 is 0 Å². The number of aliphatic hydroxyl groups is 1. The molecule has 3 atom stereocenters. The molecule has 0 aromatic heterocycles. The summed E-state index contributed by atoms with van der Waals surface area (Å²) in [5.74, 6) is -0.630. The van der Waals surface area contributed by atoms with Crippen LogP contribution in [0.15, 0.2) is 42.0 Å². The molecule has 1 fully saturated rings. The van der Waals surface area contributed by atoms with Crippen molar-refractivity contribution in [2.75, 3.05) is 6.61 Å². The van der Waals surface area contributed by atoms with Crippen molar-refractivity contribution in [3.05, 3.63) is 47.5 Å². The number of rotatable bonds is 6. The molecule has 4 nitrogen and oxygen atoms in total. The number of nitrogens with zero attached hydrogens (tertiary/aromatic N) is 1. The second-order valence-corrected chi connectivity index (χ2v) is 6.95. The van der Waals surface area contributed by atoms with Crippen LogP contribution in [0.3, 0.4) is 0 Å². The van der Waals surface area contributed by atoms with Crippen molar-refractivity contribution in [2.24, 2.45) is 5.92 Å². The van der Waals surface area contributed by atoms with E-state index in [-0.39, 0.29) is 11.9 Å². The first-order valence-corrected chi connectivity index (χ1v) is 9.19. The third kappa shape index (κ3) is 4.35. The molecule has 1 aliphatic heterocycles. The van der Waals surface area contributed by atoms with Gasteiger partial charge in [-0.05, 0) is 0 Å². The zero-order valence-corrected chi connectivity index (χ0v) is 16.1. The summed E-state index contributed by atoms with van der Waals surface area (Å²) in [7, 11) is 0. The zero-order valence-electron chi connectivity index (χ0n) is 14.4. The molecule has 1 N–H and O–H groups in total. The minimum atomic E-state index is -0.775. The normalized spacial score (nSPS) is 20.7. The van der Waals surface area contributed by atoms with E-state index < -0.39 is 12.0 Å². The van der Waals surface area contributed by atoms with Gasteiger partial charge in [0.05, 0.1) is 0 Å². The van der Waals surface area contributed by atoms with Crippen molar-refractivity contribution in [1.82, 2.24) is 4.90 Å². The van der Waals surface area contributed by atoms with Gasteiger partial charge in [0.2, 0.25) is 0 Å². The maximum absolute atomic E-state index is 12.9. The summed E-state index contributed by atoms with van der Waals surface area (Å²) in [6.07, 6.45) is 2.75. The van der Waals surface area contributed by atoms with Crippen LogP contribution in [0.4, 0.5) is 0 Å². The molecule has 2 rings (SSSR count). The van der Waals surface area contributed by atoms with E-state index in [4.69, 9.17) is 4.74 Å². The van der Waals surface area contributed by atoms with E-state index in [0.717, 1.165) is 24.0 Å². The third-order valence-electron chi connectivity index (χ3n) is 4.37. The molecule has 0 spiro atoms. The van der Waals surface area contributed by atoms with Gasteiger partial charge in [0, 0.05) is 0 Å². The van der Waals surface area contributed by atoms with Gasteiger partial charge in [-0.2, -0.15) is 0 Å². The van der Waals surface area contributed by atoms with Gasteiger partial charge in [0.1, 0.15) is 0 Å². The van der Waals surface area contributed by atoms with Crippen LogP contribution in [0, 0.1) is 5.92 Å². The second-order valence-electron chi connectivity index (χ2n) is 6.22. The van der Waals surface area contributed by atoms with Crippen LogP contribution in [0.2, 0.25) is 0 Å². The molecule has 0 unspecified atom stereocenters. The van der Waals surface area contributed by atoms with Gasteiger partial charge in [-0.15, -0.1) is 0 Å². The number of benzene rings is 1. The Kier molecular flexibility index (Phi) is 6.78.